The molecule has 0 saturated heterocycles. The zero-order valence-electron chi connectivity index (χ0n) is 16.2. The van der Waals surface area contributed by atoms with Crippen molar-refractivity contribution < 1.29 is 23.8 Å². The maximum Gasteiger partial charge on any atom is 0.349 e. The minimum atomic E-state index is -0.821. The smallest absolute Gasteiger partial charge is 0.349 e. The van der Waals surface area contributed by atoms with Crippen molar-refractivity contribution in [2.45, 2.75) is 32.7 Å². The first-order chi connectivity index (χ1) is 14.0. The monoisotopic (exact) mass is 392 g/mol. The van der Waals surface area contributed by atoms with Gasteiger partial charge in [-0.1, -0.05) is 0 Å². The number of ether oxygens (including phenoxy) is 3. The molecule has 0 spiro atoms. The predicted molar refractivity (Wildman–Crippen MR) is 104 cm³/mol. The number of ketones is 1. The molecule has 0 unspecified atom stereocenters. The number of esters is 1. The van der Waals surface area contributed by atoms with E-state index in [4.69, 9.17) is 14.2 Å². The van der Waals surface area contributed by atoms with Crippen LogP contribution in [0.2, 0.25) is 0 Å². The first-order valence-corrected chi connectivity index (χ1v) is 9.38. The number of aryl methyl sites for hydroxylation is 1. The van der Waals surface area contributed by atoms with Gasteiger partial charge >= 0.3 is 5.97 Å². The van der Waals surface area contributed by atoms with E-state index in [0.717, 1.165) is 29.8 Å². The van der Waals surface area contributed by atoms with Gasteiger partial charge in [0.05, 0.1) is 0 Å². The van der Waals surface area contributed by atoms with Crippen LogP contribution in [0, 0.1) is 25.2 Å². The van der Waals surface area contributed by atoms with Gasteiger partial charge < -0.3 is 18.8 Å². The number of carbonyl (C=O) groups is 2. The Labute approximate surface area is 168 Å². The molecule has 1 saturated carbocycles. The summed E-state index contributed by atoms with van der Waals surface area (Å²) in [6.45, 7) is 3.63. The second-order valence-electron chi connectivity index (χ2n) is 7.16. The molecule has 148 valence electrons. The number of hydrogen-bond donors (Lipinski definition) is 0. The van der Waals surface area contributed by atoms with Crippen LogP contribution in [0.15, 0.2) is 29.8 Å². The molecule has 1 fully saturated rings. The first kappa shape index (κ1) is 18.8. The maximum atomic E-state index is 12.3. The molecule has 7 nitrogen and oxygen atoms in total. The van der Waals surface area contributed by atoms with Gasteiger partial charge in [0.2, 0.25) is 6.79 Å². The lowest BCUT2D eigenvalue weighted by atomic mass is 10.1. The van der Waals surface area contributed by atoms with Crippen molar-refractivity contribution >= 4 is 17.8 Å². The van der Waals surface area contributed by atoms with Gasteiger partial charge in [0.25, 0.3) is 0 Å². The molecule has 2 heterocycles. The van der Waals surface area contributed by atoms with E-state index in [-0.39, 0.29) is 18.1 Å². The van der Waals surface area contributed by atoms with Crippen molar-refractivity contribution in [3.63, 3.8) is 0 Å². The molecule has 0 N–H and O–H groups in total. The number of benzene rings is 1. The Morgan fingerprint density at radius 1 is 1.24 bits per heavy atom. The molecule has 2 aromatic rings. The summed E-state index contributed by atoms with van der Waals surface area (Å²) in [5.74, 6) is -0.165. The van der Waals surface area contributed by atoms with Gasteiger partial charge in [0, 0.05) is 23.0 Å². The van der Waals surface area contributed by atoms with Crippen molar-refractivity contribution in [1.29, 1.82) is 5.26 Å². The predicted octanol–water partition coefficient (Wildman–Crippen LogP) is 3.50. The molecule has 1 aliphatic heterocycles. The fourth-order valence-corrected chi connectivity index (χ4v) is 3.50. The zero-order chi connectivity index (χ0) is 20.5. The SMILES string of the molecule is Cc1cc(/C=C(\C#N)C(=O)OCC(=O)c2ccc3c(c2)OCO3)c(C)n1C1CC1. The van der Waals surface area contributed by atoms with Gasteiger partial charge in [-0.2, -0.15) is 5.26 Å². The van der Waals surface area contributed by atoms with E-state index < -0.39 is 12.6 Å². The second kappa shape index (κ2) is 7.47. The topological polar surface area (TPSA) is 90.6 Å². The third-order valence-electron chi connectivity index (χ3n) is 5.10. The van der Waals surface area contributed by atoms with Gasteiger partial charge in [-0.25, -0.2) is 4.79 Å². The van der Waals surface area contributed by atoms with Crippen LogP contribution in [-0.2, 0) is 9.53 Å². The number of aromatic nitrogens is 1. The Bertz CT molecular complexity index is 1070. The highest BCUT2D eigenvalue weighted by Gasteiger charge is 2.27. The number of fused-ring (bicyclic) bond motifs is 1. The van der Waals surface area contributed by atoms with Crippen LogP contribution >= 0.6 is 0 Å². The minimum Gasteiger partial charge on any atom is -0.454 e. The average molecular weight is 392 g/mol. The van der Waals surface area contributed by atoms with Crippen LogP contribution in [0.3, 0.4) is 0 Å². The van der Waals surface area contributed by atoms with Gasteiger partial charge in [-0.15, -0.1) is 0 Å². The summed E-state index contributed by atoms with van der Waals surface area (Å²) in [6.07, 6.45) is 3.82. The molecule has 29 heavy (non-hydrogen) atoms. The van der Waals surface area contributed by atoms with E-state index in [0.29, 0.717) is 23.1 Å². The number of nitrogens with zero attached hydrogens (tertiary/aromatic N) is 2. The van der Waals surface area contributed by atoms with Crippen LogP contribution in [0.1, 0.15) is 46.2 Å². The van der Waals surface area contributed by atoms with Gasteiger partial charge in [0.1, 0.15) is 11.6 Å². The Kier molecular flexibility index (Phi) is 4.85. The van der Waals surface area contributed by atoms with E-state index in [1.54, 1.807) is 18.2 Å². The van der Waals surface area contributed by atoms with E-state index in [1.165, 1.54) is 6.08 Å². The Morgan fingerprint density at radius 2 is 2.00 bits per heavy atom. The Balaban J connectivity index is 1.44. The lowest BCUT2D eigenvalue weighted by Crippen LogP contribution is -2.15. The molecular weight excluding hydrogens is 372 g/mol. The van der Waals surface area contributed by atoms with Gasteiger partial charge in [-0.3, -0.25) is 4.79 Å². The molecule has 0 atom stereocenters. The van der Waals surface area contributed by atoms with Crippen molar-refractivity contribution in [2.75, 3.05) is 13.4 Å². The number of nitriles is 1. The van der Waals surface area contributed by atoms with Crippen LogP contribution in [0.4, 0.5) is 0 Å². The normalized spacial score (nSPS) is 15.1. The van der Waals surface area contributed by atoms with E-state index in [9.17, 15) is 14.9 Å². The largest absolute Gasteiger partial charge is 0.454 e. The summed E-state index contributed by atoms with van der Waals surface area (Å²) in [5, 5.41) is 9.39. The summed E-state index contributed by atoms with van der Waals surface area (Å²) in [6, 6.07) is 9.10. The highest BCUT2D eigenvalue weighted by molar-refractivity contribution is 6.02. The fourth-order valence-electron chi connectivity index (χ4n) is 3.50. The minimum absolute atomic E-state index is 0.111. The fraction of sp³-hybridized carbons (Fsp3) is 0.318. The van der Waals surface area contributed by atoms with Crippen LogP contribution in [0.5, 0.6) is 11.5 Å². The van der Waals surface area contributed by atoms with E-state index in [1.807, 2.05) is 26.0 Å². The molecule has 1 aliphatic carbocycles. The van der Waals surface area contributed by atoms with Gasteiger partial charge in [0.15, 0.2) is 23.9 Å². The number of Topliss-reactive ketones (excluding diaryl/α,β-unsaturated/α-hetero) is 1. The second-order valence-corrected chi connectivity index (χ2v) is 7.16. The van der Waals surface area contributed by atoms with Crippen molar-refractivity contribution in [1.82, 2.24) is 4.57 Å². The van der Waals surface area contributed by atoms with E-state index in [2.05, 4.69) is 4.57 Å². The average Bonchev–Trinajstić information content (AvgIpc) is 3.35. The van der Waals surface area contributed by atoms with Crippen LogP contribution in [-0.4, -0.2) is 29.7 Å². The number of rotatable bonds is 6. The standard InChI is InChI=1S/C22H20N2O5/c1-13-7-16(14(2)24(13)18-4-5-18)8-17(10-23)22(26)27-11-19(25)15-3-6-20-21(9-15)29-12-28-20/h3,6-9,18H,4-5,11-12H2,1-2H3/b17-8+. The summed E-state index contributed by atoms with van der Waals surface area (Å²) < 4.78 is 17.8. The summed E-state index contributed by atoms with van der Waals surface area (Å²) in [7, 11) is 0. The lowest BCUT2D eigenvalue weighted by Gasteiger charge is -2.07. The Hall–Kier alpha value is -3.53. The molecule has 4 rings (SSSR count). The van der Waals surface area contributed by atoms with Crippen molar-refractivity contribution in [3.8, 4) is 17.6 Å². The van der Waals surface area contributed by atoms with Crippen molar-refractivity contribution in [3.05, 3.63) is 52.4 Å². The molecule has 0 bridgehead atoms. The number of hydrogen-bond acceptors (Lipinski definition) is 6. The van der Waals surface area contributed by atoms with Crippen molar-refractivity contribution in [2.24, 2.45) is 0 Å². The quantitative estimate of drug-likeness (QED) is 0.323. The maximum absolute atomic E-state index is 12.3. The van der Waals surface area contributed by atoms with E-state index >= 15 is 0 Å². The third-order valence-corrected chi connectivity index (χ3v) is 5.10. The van der Waals surface area contributed by atoms with Crippen LogP contribution in [0.25, 0.3) is 6.08 Å². The molecule has 7 heteroatoms. The zero-order valence-corrected chi connectivity index (χ0v) is 16.2. The third kappa shape index (κ3) is 3.74. The highest BCUT2D eigenvalue weighted by Crippen LogP contribution is 2.38. The molecule has 2 aliphatic rings. The lowest BCUT2D eigenvalue weighted by molar-refractivity contribution is -0.137. The molecular formula is C22H20N2O5. The molecule has 1 aromatic heterocycles. The molecule has 0 radical (unpaired) electrons. The first-order valence-electron chi connectivity index (χ1n) is 9.38. The molecule has 1 aromatic carbocycles. The number of carbonyl (C=O) groups excluding carboxylic acids is 2. The summed E-state index contributed by atoms with van der Waals surface area (Å²) >= 11 is 0. The van der Waals surface area contributed by atoms with Crippen LogP contribution < -0.4 is 9.47 Å². The summed E-state index contributed by atoms with van der Waals surface area (Å²) in [4.78, 5) is 24.7. The molecule has 0 amide bonds. The summed E-state index contributed by atoms with van der Waals surface area (Å²) in [5.41, 5.74) is 3.13. The highest BCUT2D eigenvalue weighted by atomic mass is 16.7. The van der Waals surface area contributed by atoms with Gasteiger partial charge in [-0.05, 0) is 62.6 Å². The Morgan fingerprint density at radius 3 is 2.72 bits per heavy atom.